The fraction of sp³-hybridized carbons (Fsp3) is 1.00. The summed E-state index contributed by atoms with van der Waals surface area (Å²) in [5, 5.41) is 0.735. The molecule has 94 valence electrons. The van der Waals surface area contributed by atoms with E-state index in [1.54, 1.807) is 0 Å². The van der Waals surface area contributed by atoms with Crippen molar-refractivity contribution in [3.63, 3.8) is 0 Å². The summed E-state index contributed by atoms with van der Waals surface area (Å²) in [5.41, 5.74) is 0.536. The summed E-state index contributed by atoms with van der Waals surface area (Å²) in [6.07, 6.45) is 8.76. The second-order valence-electron chi connectivity index (χ2n) is 5.43. The predicted octanol–water partition coefficient (Wildman–Crippen LogP) is 3.78. The minimum atomic E-state index is 0.463. The van der Waals surface area contributed by atoms with E-state index >= 15 is 0 Å². The van der Waals surface area contributed by atoms with Crippen LogP contribution in [-0.2, 0) is 4.74 Å². The van der Waals surface area contributed by atoms with Crippen LogP contribution in [0, 0.1) is 5.41 Å². The van der Waals surface area contributed by atoms with Crippen LogP contribution in [0.1, 0.15) is 45.4 Å². The molecule has 1 nitrogen and oxygen atoms in total. The maximum absolute atomic E-state index is 5.63. The van der Waals surface area contributed by atoms with Crippen molar-refractivity contribution >= 4 is 24.4 Å². The highest BCUT2D eigenvalue weighted by atomic mass is 32.2. The zero-order valence-corrected chi connectivity index (χ0v) is 12.0. The van der Waals surface area contributed by atoms with Gasteiger partial charge in [-0.1, -0.05) is 19.3 Å². The van der Waals surface area contributed by atoms with E-state index in [1.807, 2.05) is 0 Å². The largest absolute Gasteiger partial charge is 0.377 e. The van der Waals surface area contributed by atoms with Crippen LogP contribution in [-0.4, -0.2) is 29.5 Å². The highest BCUT2D eigenvalue weighted by Gasteiger charge is 2.33. The lowest BCUT2D eigenvalue weighted by molar-refractivity contribution is 0.127. The molecule has 1 saturated heterocycles. The Balaban J connectivity index is 1.82. The molecule has 2 rings (SSSR count). The Labute approximate surface area is 109 Å². The third-order valence-electron chi connectivity index (χ3n) is 4.16. The van der Waals surface area contributed by atoms with Gasteiger partial charge in [0.15, 0.2) is 0 Å². The minimum absolute atomic E-state index is 0.463. The lowest BCUT2D eigenvalue weighted by Gasteiger charge is -2.36. The highest BCUT2D eigenvalue weighted by Crippen LogP contribution is 2.42. The number of hydrogen-bond acceptors (Lipinski definition) is 3. The lowest BCUT2D eigenvalue weighted by atomic mass is 9.77. The predicted molar refractivity (Wildman–Crippen MR) is 75.6 cm³/mol. The summed E-state index contributed by atoms with van der Waals surface area (Å²) in [6, 6.07) is 0. The molecule has 1 saturated carbocycles. The Morgan fingerprint density at radius 2 is 2.06 bits per heavy atom. The SMILES string of the molecule is CC1OCCC1SCC1(CS)CCCCC1. The molecule has 2 atom stereocenters. The quantitative estimate of drug-likeness (QED) is 0.770. The average Bonchev–Trinajstić information content (AvgIpc) is 2.74. The standard InChI is InChI=1S/C13H24OS2/c1-11-12(5-8-14-11)16-10-13(9-15)6-3-2-4-7-13/h11-12,15H,2-10H2,1H3. The number of ether oxygens (including phenoxy) is 1. The summed E-state index contributed by atoms with van der Waals surface area (Å²) >= 11 is 6.75. The molecule has 0 radical (unpaired) electrons. The molecule has 0 aromatic carbocycles. The van der Waals surface area contributed by atoms with E-state index in [1.165, 1.54) is 44.3 Å². The lowest BCUT2D eigenvalue weighted by Crippen LogP contribution is -2.30. The summed E-state index contributed by atoms with van der Waals surface area (Å²) < 4.78 is 5.63. The highest BCUT2D eigenvalue weighted by molar-refractivity contribution is 8.00. The van der Waals surface area contributed by atoms with Gasteiger partial charge in [-0.05, 0) is 37.4 Å². The fourth-order valence-electron chi connectivity index (χ4n) is 2.86. The topological polar surface area (TPSA) is 9.23 Å². The molecule has 1 aliphatic heterocycles. The van der Waals surface area contributed by atoms with Crippen LogP contribution in [0.25, 0.3) is 0 Å². The number of hydrogen-bond donors (Lipinski definition) is 1. The van der Waals surface area contributed by atoms with Gasteiger partial charge in [-0.2, -0.15) is 24.4 Å². The summed E-state index contributed by atoms with van der Waals surface area (Å²) in [6.45, 7) is 3.19. The van der Waals surface area contributed by atoms with E-state index in [0.29, 0.717) is 11.5 Å². The van der Waals surface area contributed by atoms with E-state index in [2.05, 4.69) is 31.3 Å². The van der Waals surface area contributed by atoms with Crippen LogP contribution in [0.2, 0.25) is 0 Å². The van der Waals surface area contributed by atoms with Crippen molar-refractivity contribution in [2.24, 2.45) is 5.41 Å². The van der Waals surface area contributed by atoms with E-state index in [0.717, 1.165) is 17.6 Å². The van der Waals surface area contributed by atoms with Crippen molar-refractivity contribution in [1.29, 1.82) is 0 Å². The maximum atomic E-state index is 5.63. The van der Waals surface area contributed by atoms with Crippen LogP contribution in [0.4, 0.5) is 0 Å². The van der Waals surface area contributed by atoms with Gasteiger partial charge in [-0.25, -0.2) is 0 Å². The van der Waals surface area contributed by atoms with Crippen LogP contribution in [0.5, 0.6) is 0 Å². The van der Waals surface area contributed by atoms with Gasteiger partial charge in [0.2, 0.25) is 0 Å². The maximum Gasteiger partial charge on any atom is 0.0666 e. The number of thiol groups is 1. The van der Waals surface area contributed by atoms with Gasteiger partial charge in [0, 0.05) is 17.6 Å². The molecular weight excluding hydrogens is 236 g/mol. The summed E-state index contributed by atoms with van der Waals surface area (Å²) in [7, 11) is 0. The van der Waals surface area contributed by atoms with Crippen LogP contribution in [0.3, 0.4) is 0 Å². The molecule has 2 unspecified atom stereocenters. The molecule has 1 heterocycles. The van der Waals surface area contributed by atoms with Crippen molar-refractivity contribution in [2.45, 2.75) is 56.8 Å². The van der Waals surface area contributed by atoms with Gasteiger partial charge >= 0.3 is 0 Å². The Bertz CT molecular complexity index is 214. The van der Waals surface area contributed by atoms with Gasteiger partial charge in [0.05, 0.1) is 6.10 Å². The van der Waals surface area contributed by atoms with Crippen molar-refractivity contribution in [2.75, 3.05) is 18.1 Å². The van der Waals surface area contributed by atoms with Gasteiger partial charge in [-0.3, -0.25) is 0 Å². The van der Waals surface area contributed by atoms with E-state index < -0.39 is 0 Å². The van der Waals surface area contributed by atoms with Gasteiger partial charge < -0.3 is 4.74 Å². The van der Waals surface area contributed by atoms with Crippen LogP contribution in [0.15, 0.2) is 0 Å². The van der Waals surface area contributed by atoms with Crippen molar-refractivity contribution in [1.82, 2.24) is 0 Å². The van der Waals surface area contributed by atoms with E-state index in [4.69, 9.17) is 4.74 Å². The molecule has 0 amide bonds. The van der Waals surface area contributed by atoms with Crippen LogP contribution >= 0.6 is 24.4 Å². The smallest absolute Gasteiger partial charge is 0.0666 e. The fourth-order valence-corrected chi connectivity index (χ4v) is 5.01. The van der Waals surface area contributed by atoms with Crippen molar-refractivity contribution < 1.29 is 4.74 Å². The zero-order chi connectivity index (χ0) is 11.4. The summed E-state index contributed by atoms with van der Waals surface area (Å²) in [4.78, 5) is 0. The van der Waals surface area contributed by atoms with Crippen LogP contribution < -0.4 is 0 Å². The molecule has 0 aromatic heterocycles. The third kappa shape index (κ3) is 3.11. The van der Waals surface area contributed by atoms with E-state index in [9.17, 15) is 0 Å². The second kappa shape index (κ2) is 6.01. The van der Waals surface area contributed by atoms with Gasteiger partial charge in [-0.15, -0.1) is 0 Å². The molecule has 16 heavy (non-hydrogen) atoms. The molecule has 2 aliphatic rings. The Morgan fingerprint density at radius 1 is 1.31 bits per heavy atom. The average molecular weight is 260 g/mol. The third-order valence-corrected chi connectivity index (χ3v) is 6.66. The second-order valence-corrected chi connectivity index (χ2v) is 6.98. The Kier molecular flexibility index (Phi) is 4.92. The van der Waals surface area contributed by atoms with Crippen molar-refractivity contribution in [3.05, 3.63) is 0 Å². The first-order chi connectivity index (χ1) is 7.76. The minimum Gasteiger partial charge on any atom is -0.377 e. The first-order valence-corrected chi connectivity index (χ1v) is 8.28. The molecule has 2 fully saturated rings. The molecule has 0 spiro atoms. The molecule has 0 N–H and O–H groups in total. The Hall–Kier alpha value is 0.660. The Morgan fingerprint density at radius 3 is 2.62 bits per heavy atom. The first kappa shape index (κ1) is 13.1. The molecular formula is C13H24OS2. The molecule has 0 bridgehead atoms. The summed E-state index contributed by atoms with van der Waals surface area (Å²) in [5.74, 6) is 2.37. The molecule has 3 heteroatoms. The number of rotatable bonds is 4. The molecule has 0 aromatic rings. The monoisotopic (exact) mass is 260 g/mol. The van der Waals surface area contributed by atoms with Crippen molar-refractivity contribution in [3.8, 4) is 0 Å². The van der Waals surface area contributed by atoms with Gasteiger partial charge in [0.1, 0.15) is 0 Å². The normalized spacial score (nSPS) is 34.1. The zero-order valence-electron chi connectivity index (χ0n) is 10.3. The number of thioether (sulfide) groups is 1. The van der Waals surface area contributed by atoms with Gasteiger partial charge in [0.25, 0.3) is 0 Å². The first-order valence-electron chi connectivity index (χ1n) is 6.60. The molecule has 1 aliphatic carbocycles. The van der Waals surface area contributed by atoms with E-state index in [-0.39, 0.29) is 0 Å².